The highest BCUT2D eigenvalue weighted by Crippen LogP contribution is 2.40. The van der Waals surface area contributed by atoms with Gasteiger partial charge in [-0.2, -0.15) is 0 Å². The molecule has 260 valence electrons. The number of nitrogens with zero attached hydrogens (tertiary/aromatic N) is 1. The average Bonchev–Trinajstić information content (AvgIpc) is 3.05. The molecule has 0 saturated carbocycles. The van der Waals surface area contributed by atoms with E-state index in [1.54, 1.807) is 36.5 Å². The second-order valence-corrected chi connectivity index (χ2v) is 14.7. The van der Waals surface area contributed by atoms with E-state index in [4.69, 9.17) is 9.47 Å². The highest BCUT2D eigenvalue weighted by molar-refractivity contribution is 7.85. The zero-order valence-electron chi connectivity index (χ0n) is 28.2. The van der Waals surface area contributed by atoms with E-state index in [9.17, 15) is 23.1 Å². The van der Waals surface area contributed by atoms with Crippen molar-refractivity contribution in [2.45, 2.75) is 31.1 Å². The molecular formula is C36H37N5O7S2. The quantitative estimate of drug-likeness (QED) is 0.0914. The van der Waals surface area contributed by atoms with E-state index in [0.29, 0.717) is 45.8 Å². The molecule has 1 unspecified atom stereocenters. The number of carbonyl (C=O) groups excluding carboxylic acids is 1. The summed E-state index contributed by atoms with van der Waals surface area (Å²) in [5.74, 6) is 0.610. The second-order valence-electron chi connectivity index (χ2n) is 12.2. The second kappa shape index (κ2) is 15.0. The number of benzene rings is 4. The molecule has 5 rings (SSSR count). The average molecular weight is 716 g/mol. The summed E-state index contributed by atoms with van der Waals surface area (Å²) in [4.78, 5) is 29.5. The predicted octanol–water partition coefficient (Wildman–Crippen LogP) is 7.86. The van der Waals surface area contributed by atoms with Crippen molar-refractivity contribution in [1.82, 2.24) is 4.98 Å². The smallest absolute Gasteiger partial charge is 0.336 e. The zero-order valence-corrected chi connectivity index (χ0v) is 29.9. The molecule has 4 aromatic carbocycles. The van der Waals surface area contributed by atoms with Crippen LogP contribution in [0, 0.1) is 0 Å². The van der Waals surface area contributed by atoms with Crippen LogP contribution >= 0.6 is 0 Å². The molecule has 50 heavy (non-hydrogen) atoms. The lowest BCUT2D eigenvalue weighted by Crippen LogP contribution is -2.21. The molecule has 1 heterocycles. The van der Waals surface area contributed by atoms with Crippen molar-refractivity contribution in [3.63, 3.8) is 0 Å². The van der Waals surface area contributed by atoms with Gasteiger partial charge >= 0.3 is 12.0 Å². The van der Waals surface area contributed by atoms with Crippen molar-refractivity contribution in [2.75, 3.05) is 40.3 Å². The number of aromatic carboxylic acids is 1. The lowest BCUT2D eigenvalue weighted by molar-refractivity contribution is 0.0693. The fourth-order valence-corrected chi connectivity index (χ4v) is 6.40. The number of nitrogens with one attached hydrogen (secondary N) is 4. The van der Waals surface area contributed by atoms with Gasteiger partial charge in [0, 0.05) is 41.2 Å². The number of rotatable bonds is 11. The highest BCUT2D eigenvalue weighted by atomic mass is 32.2. The van der Waals surface area contributed by atoms with Gasteiger partial charge in [0.15, 0.2) is 5.75 Å². The Kier molecular flexibility index (Phi) is 10.7. The van der Waals surface area contributed by atoms with Crippen molar-refractivity contribution in [3.8, 4) is 17.2 Å². The third kappa shape index (κ3) is 8.39. The van der Waals surface area contributed by atoms with Gasteiger partial charge in [-0.3, -0.25) is 4.21 Å². The van der Waals surface area contributed by atoms with Crippen LogP contribution in [-0.2, 0) is 27.2 Å². The van der Waals surface area contributed by atoms with E-state index in [0.717, 1.165) is 16.3 Å². The predicted molar refractivity (Wildman–Crippen MR) is 199 cm³/mol. The minimum atomic E-state index is -1.51. The molecule has 0 aliphatic rings. The molecule has 2 amide bonds. The van der Waals surface area contributed by atoms with Crippen LogP contribution < -0.4 is 30.1 Å². The largest absolute Gasteiger partial charge is 0.492 e. The first-order chi connectivity index (χ1) is 23.7. The maximum absolute atomic E-state index is 13.4. The number of methoxy groups -OCH3 is 1. The first kappa shape index (κ1) is 35.8. The Morgan fingerprint density at radius 1 is 0.840 bits per heavy atom. The van der Waals surface area contributed by atoms with Crippen LogP contribution in [0.15, 0.2) is 90.0 Å². The van der Waals surface area contributed by atoms with Crippen molar-refractivity contribution in [3.05, 3.63) is 96.2 Å². The Balaban J connectivity index is 1.38. The number of amides is 2. The molecule has 2 atom stereocenters. The van der Waals surface area contributed by atoms with E-state index < -0.39 is 33.8 Å². The van der Waals surface area contributed by atoms with Crippen molar-refractivity contribution < 1.29 is 32.6 Å². The number of hydrogen-bond donors (Lipinski definition) is 5. The minimum Gasteiger partial charge on any atom is -0.492 e. The number of fused-ring (bicyclic) bond motifs is 1. The molecular weight excluding hydrogens is 679 g/mol. The maximum Gasteiger partial charge on any atom is 0.336 e. The van der Waals surface area contributed by atoms with E-state index in [1.807, 2.05) is 57.2 Å². The Hall–Kier alpha value is -5.47. The first-order valence-corrected chi connectivity index (χ1v) is 18.4. The van der Waals surface area contributed by atoms with Gasteiger partial charge in [-0.05, 0) is 59.5 Å². The first-order valence-electron chi connectivity index (χ1n) is 15.3. The maximum atomic E-state index is 13.4. The Morgan fingerprint density at radius 3 is 2.20 bits per heavy atom. The van der Waals surface area contributed by atoms with Crippen molar-refractivity contribution in [2.24, 2.45) is 0 Å². The molecule has 0 bridgehead atoms. The van der Waals surface area contributed by atoms with Gasteiger partial charge in [-0.25, -0.2) is 18.8 Å². The van der Waals surface area contributed by atoms with E-state index in [2.05, 4.69) is 25.7 Å². The van der Waals surface area contributed by atoms with Crippen molar-refractivity contribution in [1.29, 1.82) is 0 Å². The van der Waals surface area contributed by atoms with Crippen LogP contribution in [0.2, 0.25) is 0 Å². The molecule has 0 spiro atoms. The summed E-state index contributed by atoms with van der Waals surface area (Å²) in [7, 11) is -1.40. The van der Waals surface area contributed by atoms with Gasteiger partial charge in [0.05, 0.1) is 45.4 Å². The molecule has 5 N–H and O–H groups in total. The van der Waals surface area contributed by atoms with Gasteiger partial charge in [0.2, 0.25) is 0 Å². The van der Waals surface area contributed by atoms with E-state index >= 15 is 0 Å². The highest BCUT2D eigenvalue weighted by Gasteiger charge is 2.22. The zero-order chi connectivity index (χ0) is 36.2. The number of hydrogen-bond acceptors (Lipinski definition) is 8. The number of carboxylic acid groups (broad SMARTS) is 1. The van der Waals surface area contributed by atoms with Crippen LogP contribution in [0.4, 0.5) is 33.4 Å². The number of pyridine rings is 1. The van der Waals surface area contributed by atoms with Gasteiger partial charge in [0.25, 0.3) is 0 Å². The summed E-state index contributed by atoms with van der Waals surface area (Å²) in [5.41, 5.74) is 2.56. The third-order valence-electron chi connectivity index (χ3n) is 7.55. The Labute approximate surface area is 294 Å². The SMILES string of the molecule is COc1c(NC(=O)Nc2ccc(Oc3ccnc(Nc4ccc(C(=O)O)c([S@@](C)=O)c4)c3)c3ccccc23)cc(C(C)(C)C)cc1NS(C)=O. The molecule has 0 aliphatic heterocycles. The van der Waals surface area contributed by atoms with Crippen LogP contribution in [-0.4, -0.2) is 50.1 Å². The third-order valence-corrected chi connectivity index (χ3v) is 9.01. The molecule has 12 nitrogen and oxygen atoms in total. The normalized spacial score (nSPS) is 12.4. The van der Waals surface area contributed by atoms with Gasteiger partial charge in [0.1, 0.15) is 28.3 Å². The van der Waals surface area contributed by atoms with Gasteiger partial charge < -0.3 is 35.3 Å². The number of carbonyl (C=O) groups is 2. The van der Waals surface area contributed by atoms with Crippen LogP contribution in [0.25, 0.3) is 10.8 Å². The van der Waals surface area contributed by atoms with Crippen molar-refractivity contribution >= 4 is 73.1 Å². The lowest BCUT2D eigenvalue weighted by Gasteiger charge is -2.24. The summed E-state index contributed by atoms with van der Waals surface area (Å²) < 4.78 is 39.0. The molecule has 0 saturated heterocycles. The number of carboxylic acids is 1. The Morgan fingerprint density at radius 2 is 1.54 bits per heavy atom. The van der Waals surface area contributed by atoms with Crippen LogP contribution in [0.5, 0.6) is 17.2 Å². The summed E-state index contributed by atoms with van der Waals surface area (Å²) in [6.45, 7) is 6.12. The summed E-state index contributed by atoms with van der Waals surface area (Å²) in [5, 5.41) is 19.8. The van der Waals surface area contributed by atoms with Crippen LogP contribution in [0.3, 0.4) is 0 Å². The summed E-state index contributed by atoms with van der Waals surface area (Å²) in [6.07, 6.45) is 4.50. The molecule has 1 aromatic heterocycles. The fraction of sp³-hybridized carbons (Fsp3) is 0.194. The minimum absolute atomic E-state index is 0.0321. The summed E-state index contributed by atoms with van der Waals surface area (Å²) in [6, 6.07) is 22.0. The molecule has 0 fully saturated rings. The van der Waals surface area contributed by atoms with Gasteiger partial charge in [-0.1, -0.05) is 45.0 Å². The molecule has 0 radical (unpaired) electrons. The number of anilines is 5. The molecule has 5 aromatic rings. The van der Waals surface area contributed by atoms with E-state index in [-0.39, 0.29) is 15.9 Å². The molecule has 0 aliphatic carbocycles. The number of ether oxygens (including phenoxy) is 2. The number of urea groups is 1. The summed E-state index contributed by atoms with van der Waals surface area (Å²) >= 11 is 0. The van der Waals surface area contributed by atoms with Crippen LogP contribution in [0.1, 0.15) is 36.7 Å². The number of aromatic nitrogens is 1. The lowest BCUT2D eigenvalue weighted by atomic mass is 9.86. The monoisotopic (exact) mass is 715 g/mol. The molecule has 14 heteroatoms. The Bertz CT molecular complexity index is 2150. The van der Waals surface area contributed by atoms with Gasteiger partial charge in [-0.15, -0.1) is 0 Å². The topological polar surface area (TPSA) is 168 Å². The van der Waals surface area contributed by atoms with E-state index in [1.165, 1.54) is 31.8 Å². The standard InChI is InChI=1S/C36H37N5O7S2/c1-36(2,3)21-17-28(33(47-4)29(18-21)41-50(6)46)40-35(44)39-27-13-14-30(25-10-8-7-9-24(25)27)48-23-15-16-37-32(20-23)38-22-11-12-26(34(42)43)31(19-22)49(5)45/h7-20,41H,1-6H3,(H,37,38)(H,42,43)(H2,39,40,44)/t49-,50?/m1/s1. The fourth-order valence-electron chi connectivity index (χ4n) is 5.18.